The van der Waals surface area contributed by atoms with E-state index >= 15 is 0 Å². The highest BCUT2D eigenvalue weighted by Gasteiger charge is 2.13. The van der Waals surface area contributed by atoms with Gasteiger partial charge in [0.05, 0.1) is 12.4 Å². The summed E-state index contributed by atoms with van der Waals surface area (Å²) in [6.45, 7) is 2.81. The highest BCUT2D eigenvalue weighted by atomic mass is 32.2. The minimum Gasteiger partial charge on any atom is -0.369 e. The van der Waals surface area contributed by atoms with E-state index in [4.69, 9.17) is 0 Å². The van der Waals surface area contributed by atoms with Crippen LogP contribution in [-0.2, 0) is 10.8 Å². The largest absolute Gasteiger partial charge is 0.369 e. The van der Waals surface area contributed by atoms with Crippen molar-refractivity contribution in [3.8, 4) is 0 Å². The highest BCUT2D eigenvalue weighted by molar-refractivity contribution is 7.84. The first-order valence-electron chi connectivity index (χ1n) is 3.76. The molecular formula is C7H14N2OS. The maximum Gasteiger partial charge on any atom is 0.0935 e. The topological polar surface area (TPSA) is 41.5 Å². The molecule has 0 fully saturated rings. The first-order chi connectivity index (χ1) is 5.18. The van der Waals surface area contributed by atoms with Crippen LogP contribution in [-0.4, -0.2) is 34.6 Å². The van der Waals surface area contributed by atoms with Gasteiger partial charge in [0.15, 0.2) is 0 Å². The van der Waals surface area contributed by atoms with Crippen LogP contribution in [0.25, 0.3) is 0 Å². The molecule has 1 rings (SSSR count). The number of amidine groups is 1. The summed E-state index contributed by atoms with van der Waals surface area (Å²) in [5.41, 5.74) is 0. The molecule has 1 aliphatic rings. The van der Waals surface area contributed by atoms with E-state index in [0.717, 1.165) is 24.6 Å². The van der Waals surface area contributed by atoms with E-state index in [-0.39, 0.29) is 0 Å². The van der Waals surface area contributed by atoms with Crippen LogP contribution in [0.5, 0.6) is 0 Å². The Balaban J connectivity index is 2.16. The zero-order valence-corrected chi connectivity index (χ0v) is 7.78. The molecule has 1 aliphatic heterocycles. The van der Waals surface area contributed by atoms with Gasteiger partial charge in [0.1, 0.15) is 0 Å². The van der Waals surface area contributed by atoms with Crippen LogP contribution in [0.2, 0.25) is 0 Å². The van der Waals surface area contributed by atoms with Crippen molar-refractivity contribution in [3.05, 3.63) is 0 Å². The fourth-order valence-corrected chi connectivity index (χ4v) is 1.72. The molecule has 1 N–H and O–H groups in total. The molecule has 4 heteroatoms. The normalized spacial score (nSPS) is 26.0. The van der Waals surface area contributed by atoms with Crippen molar-refractivity contribution >= 4 is 16.6 Å². The van der Waals surface area contributed by atoms with Gasteiger partial charge in [-0.1, -0.05) is 0 Å². The predicted octanol–water partition coefficient (Wildman–Crippen LogP) is 0.145. The van der Waals surface area contributed by atoms with Crippen LogP contribution in [0, 0.1) is 0 Å². The van der Waals surface area contributed by atoms with E-state index in [1.165, 1.54) is 0 Å². The molecule has 0 radical (unpaired) electrons. The van der Waals surface area contributed by atoms with E-state index in [1.807, 2.05) is 6.92 Å². The van der Waals surface area contributed by atoms with Gasteiger partial charge in [0.2, 0.25) is 0 Å². The van der Waals surface area contributed by atoms with Gasteiger partial charge < -0.3 is 5.32 Å². The second-order valence-corrected chi connectivity index (χ2v) is 4.39. The standard InChI is InChI=1S/C7H14N2OS/c1-6-8-5-7(9-6)3-4-11(2)10/h7H,3-5H2,1-2H3,(H,8,9). The Labute approximate surface area is 69.7 Å². The lowest BCUT2D eigenvalue weighted by molar-refractivity contribution is 0.629. The molecule has 3 nitrogen and oxygen atoms in total. The van der Waals surface area contributed by atoms with Gasteiger partial charge in [-0.15, -0.1) is 0 Å². The predicted molar refractivity (Wildman–Crippen MR) is 48.5 cm³/mol. The van der Waals surface area contributed by atoms with Crippen LogP contribution < -0.4 is 5.32 Å². The fourth-order valence-electron chi connectivity index (χ4n) is 1.11. The molecule has 2 unspecified atom stereocenters. The Hall–Kier alpha value is -0.380. The lowest BCUT2D eigenvalue weighted by Gasteiger charge is -2.08. The molecular weight excluding hydrogens is 160 g/mol. The maximum absolute atomic E-state index is 10.7. The number of rotatable bonds is 3. The fraction of sp³-hybridized carbons (Fsp3) is 0.857. The van der Waals surface area contributed by atoms with Gasteiger partial charge in [-0.05, 0) is 13.3 Å². The summed E-state index contributed by atoms with van der Waals surface area (Å²) < 4.78 is 10.7. The molecule has 0 aromatic carbocycles. The quantitative estimate of drug-likeness (QED) is 0.661. The monoisotopic (exact) mass is 174 g/mol. The Morgan fingerprint density at radius 3 is 3.00 bits per heavy atom. The van der Waals surface area contributed by atoms with E-state index in [1.54, 1.807) is 6.26 Å². The van der Waals surface area contributed by atoms with E-state index < -0.39 is 10.8 Å². The molecule has 0 aromatic rings. The van der Waals surface area contributed by atoms with Crippen molar-refractivity contribution in [2.45, 2.75) is 19.4 Å². The van der Waals surface area contributed by atoms with E-state index in [9.17, 15) is 4.21 Å². The minimum absolute atomic E-state index is 0.430. The first kappa shape index (κ1) is 8.71. The van der Waals surface area contributed by atoms with Crippen molar-refractivity contribution in [1.82, 2.24) is 5.32 Å². The van der Waals surface area contributed by atoms with Crippen LogP contribution in [0.15, 0.2) is 4.99 Å². The number of nitrogens with one attached hydrogen (secondary N) is 1. The van der Waals surface area contributed by atoms with Crippen LogP contribution in [0.1, 0.15) is 13.3 Å². The Kier molecular flexibility index (Phi) is 3.05. The Morgan fingerprint density at radius 2 is 2.55 bits per heavy atom. The van der Waals surface area contributed by atoms with Crippen molar-refractivity contribution in [2.75, 3.05) is 18.6 Å². The van der Waals surface area contributed by atoms with Crippen LogP contribution >= 0.6 is 0 Å². The molecule has 0 aliphatic carbocycles. The summed E-state index contributed by atoms with van der Waals surface area (Å²) in [5, 5.41) is 3.22. The molecule has 64 valence electrons. The first-order valence-corrected chi connectivity index (χ1v) is 5.49. The Morgan fingerprint density at radius 1 is 1.82 bits per heavy atom. The third kappa shape index (κ3) is 3.01. The minimum atomic E-state index is -0.664. The third-order valence-corrected chi connectivity index (χ3v) is 2.53. The maximum atomic E-state index is 10.7. The molecule has 0 aromatic heterocycles. The van der Waals surface area contributed by atoms with Gasteiger partial charge in [-0.2, -0.15) is 0 Å². The SMILES string of the molecule is CC1=NCC(CCS(C)=O)N1. The molecule has 0 saturated carbocycles. The summed E-state index contributed by atoms with van der Waals surface area (Å²) >= 11 is 0. The molecule has 11 heavy (non-hydrogen) atoms. The highest BCUT2D eigenvalue weighted by Crippen LogP contribution is 2.00. The lowest BCUT2D eigenvalue weighted by Crippen LogP contribution is -2.29. The van der Waals surface area contributed by atoms with Gasteiger partial charge in [0.25, 0.3) is 0 Å². The average molecular weight is 174 g/mol. The molecule has 2 atom stereocenters. The number of hydrogen-bond donors (Lipinski definition) is 1. The van der Waals surface area contributed by atoms with Gasteiger partial charge >= 0.3 is 0 Å². The van der Waals surface area contributed by atoms with Crippen molar-refractivity contribution in [1.29, 1.82) is 0 Å². The number of nitrogens with zero attached hydrogens (tertiary/aromatic N) is 1. The summed E-state index contributed by atoms with van der Waals surface area (Å²) in [6, 6.07) is 0.430. The summed E-state index contributed by atoms with van der Waals surface area (Å²) in [4.78, 5) is 4.20. The lowest BCUT2D eigenvalue weighted by atomic mass is 10.2. The van der Waals surface area contributed by atoms with Gasteiger partial charge in [0, 0.05) is 28.9 Å². The summed E-state index contributed by atoms with van der Waals surface area (Å²) in [7, 11) is -0.664. The second-order valence-electron chi connectivity index (χ2n) is 2.83. The summed E-state index contributed by atoms with van der Waals surface area (Å²) in [6.07, 6.45) is 2.70. The smallest absolute Gasteiger partial charge is 0.0935 e. The average Bonchev–Trinajstić information content (AvgIpc) is 2.31. The van der Waals surface area contributed by atoms with Crippen LogP contribution in [0.4, 0.5) is 0 Å². The van der Waals surface area contributed by atoms with Crippen molar-refractivity contribution in [2.24, 2.45) is 4.99 Å². The van der Waals surface area contributed by atoms with Crippen molar-refractivity contribution < 1.29 is 4.21 Å². The summed E-state index contributed by atoms with van der Waals surface area (Å²) in [5.74, 6) is 1.79. The molecule has 0 bridgehead atoms. The second kappa shape index (κ2) is 3.85. The number of aliphatic imine (C=N–C) groups is 1. The zero-order valence-electron chi connectivity index (χ0n) is 6.96. The molecule has 0 saturated heterocycles. The van der Waals surface area contributed by atoms with E-state index in [2.05, 4.69) is 10.3 Å². The van der Waals surface area contributed by atoms with Gasteiger partial charge in [-0.3, -0.25) is 9.20 Å². The Bertz CT molecular complexity index is 191. The zero-order chi connectivity index (χ0) is 8.27. The molecule has 0 spiro atoms. The number of hydrogen-bond acceptors (Lipinski definition) is 3. The van der Waals surface area contributed by atoms with Crippen LogP contribution in [0.3, 0.4) is 0 Å². The third-order valence-electron chi connectivity index (χ3n) is 1.72. The van der Waals surface area contributed by atoms with Crippen molar-refractivity contribution in [3.63, 3.8) is 0 Å². The van der Waals surface area contributed by atoms with E-state index in [0.29, 0.717) is 6.04 Å². The molecule has 0 amide bonds. The molecule has 1 heterocycles. The van der Waals surface area contributed by atoms with Gasteiger partial charge in [-0.25, -0.2) is 0 Å².